The van der Waals surface area contributed by atoms with Crippen LogP contribution in [-0.4, -0.2) is 52.9 Å². The minimum atomic E-state index is -1.01. The molecule has 0 bridgehead atoms. The Morgan fingerprint density at radius 1 is 1.03 bits per heavy atom. The first kappa shape index (κ1) is 21.9. The molecule has 33 heavy (non-hydrogen) atoms. The van der Waals surface area contributed by atoms with Crippen LogP contribution in [0, 0.1) is 11.8 Å². The lowest BCUT2D eigenvalue weighted by Crippen LogP contribution is -2.58. The highest BCUT2D eigenvalue weighted by Crippen LogP contribution is 2.45. The Balaban J connectivity index is 1.30. The van der Waals surface area contributed by atoms with Crippen molar-refractivity contribution in [3.8, 4) is 0 Å². The summed E-state index contributed by atoms with van der Waals surface area (Å²) in [7, 11) is 0. The fraction of sp³-hybridized carbons (Fsp3) is 0.600. The van der Waals surface area contributed by atoms with E-state index in [9.17, 15) is 19.2 Å². The lowest BCUT2D eigenvalue weighted by molar-refractivity contribution is -0.156. The van der Waals surface area contributed by atoms with Gasteiger partial charge in [0.25, 0.3) is 5.91 Å². The van der Waals surface area contributed by atoms with Crippen molar-refractivity contribution in [2.24, 2.45) is 11.8 Å². The summed E-state index contributed by atoms with van der Waals surface area (Å²) >= 11 is 0. The van der Waals surface area contributed by atoms with Crippen LogP contribution in [0.4, 0.5) is 4.79 Å². The van der Waals surface area contributed by atoms with E-state index in [1.807, 2.05) is 35.2 Å². The number of hydrogen-bond acceptors (Lipinski definition) is 5. The Morgan fingerprint density at radius 3 is 2.36 bits per heavy atom. The molecule has 176 valence electrons. The lowest BCUT2D eigenvalue weighted by Gasteiger charge is -2.43. The maximum absolute atomic E-state index is 13.5. The standard InChI is InChI=1S/C25H31N3O5/c29-20-15-19(24(33-20)11-5-2-6-12-24)21(30)28-13-9-18(10-14-28)25(22(31)26-23(32)27-25)16-17-7-3-1-4-8-17/h1,3-4,7-8,18-19H,2,5-6,9-16H2,(H2,26,27,31,32). The summed E-state index contributed by atoms with van der Waals surface area (Å²) < 4.78 is 5.74. The van der Waals surface area contributed by atoms with E-state index in [0.29, 0.717) is 32.4 Å². The Morgan fingerprint density at radius 2 is 1.73 bits per heavy atom. The van der Waals surface area contributed by atoms with Gasteiger partial charge >= 0.3 is 12.0 Å². The number of carbonyl (C=O) groups is 4. The van der Waals surface area contributed by atoms with Crippen LogP contribution >= 0.6 is 0 Å². The molecule has 1 aromatic carbocycles. The van der Waals surface area contributed by atoms with Gasteiger partial charge in [-0.1, -0.05) is 36.8 Å². The van der Waals surface area contributed by atoms with Crippen LogP contribution in [0.3, 0.4) is 0 Å². The molecule has 3 heterocycles. The smallest absolute Gasteiger partial charge is 0.322 e. The first-order chi connectivity index (χ1) is 15.9. The molecule has 0 radical (unpaired) electrons. The van der Waals surface area contributed by atoms with Gasteiger partial charge in [-0.25, -0.2) is 4.79 Å². The van der Waals surface area contributed by atoms with Crippen LogP contribution < -0.4 is 10.6 Å². The number of likely N-dealkylation sites (tertiary alicyclic amines) is 1. The quantitative estimate of drug-likeness (QED) is 0.538. The van der Waals surface area contributed by atoms with E-state index in [-0.39, 0.29) is 30.1 Å². The molecule has 0 aromatic heterocycles. The SMILES string of the molecule is O=C1NC(=O)C(Cc2ccccc2)(C2CCN(C(=O)C3CC(=O)OC34CCCCC4)CC2)N1. The molecule has 8 nitrogen and oxygen atoms in total. The first-order valence-electron chi connectivity index (χ1n) is 12.1. The third kappa shape index (κ3) is 3.89. The summed E-state index contributed by atoms with van der Waals surface area (Å²) in [6, 6.07) is 9.22. The molecule has 3 saturated heterocycles. The Labute approximate surface area is 193 Å². The van der Waals surface area contributed by atoms with E-state index in [1.165, 1.54) is 0 Å². The molecular weight excluding hydrogens is 422 g/mol. The van der Waals surface area contributed by atoms with Gasteiger partial charge < -0.3 is 15.0 Å². The third-order valence-corrected chi connectivity index (χ3v) is 8.12. The highest BCUT2D eigenvalue weighted by Gasteiger charge is 2.56. The Hall–Kier alpha value is -2.90. The summed E-state index contributed by atoms with van der Waals surface area (Å²) in [5, 5.41) is 5.34. The largest absolute Gasteiger partial charge is 0.458 e. The van der Waals surface area contributed by atoms with Crippen molar-refractivity contribution in [1.82, 2.24) is 15.5 Å². The maximum Gasteiger partial charge on any atom is 0.322 e. The molecule has 1 saturated carbocycles. The number of piperidine rings is 1. The van der Waals surface area contributed by atoms with Crippen LogP contribution in [0.2, 0.25) is 0 Å². The van der Waals surface area contributed by atoms with Gasteiger partial charge in [0.15, 0.2) is 0 Å². The second-order valence-electron chi connectivity index (χ2n) is 10.00. The fourth-order valence-corrected chi connectivity index (χ4v) is 6.40. The lowest BCUT2D eigenvalue weighted by atomic mass is 9.73. The van der Waals surface area contributed by atoms with Crippen molar-refractivity contribution >= 4 is 23.8 Å². The van der Waals surface area contributed by atoms with Crippen molar-refractivity contribution in [2.45, 2.75) is 68.9 Å². The van der Waals surface area contributed by atoms with E-state index >= 15 is 0 Å². The minimum absolute atomic E-state index is 0.00165. The van der Waals surface area contributed by atoms with Crippen molar-refractivity contribution < 1.29 is 23.9 Å². The zero-order valence-corrected chi connectivity index (χ0v) is 18.8. The summed E-state index contributed by atoms with van der Waals surface area (Å²) in [4.78, 5) is 52.5. The number of nitrogens with one attached hydrogen (secondary N) is 2. The van der Waals surface area contributed by atoms with Gasteiger partial charge in [0.1, 0.15) is 11.1 Å². The number of ether oxygens (including phenoxy) is 1. The van der Waals surface area contributed by atoms with Gasteiger partial charge in [-0.3, -0.25) is 19.7 Å². The molecule has 3 aliphatic heterocycles. The topological polar surface area (TPSA) is 105 Å². The monoisotopic (exact) mass is 453 g/mol. The fourth-order valence-electron chi connectivity index (χ4n) is 6.40. The summed E-state index contributed by atoms with van der Waals surface area (Å²) in [6.45, 7) is 1.01. The van der Waals surface area contributed by atoms with E-state index in [0.717, 1.165) is 37.7 Å². The minimum Gasteiger partial charge on any atom is -0.458 e. The van der Waals surface area contributed by atoms with Crippen molar-refractivity contribution in [1.29, 1.82) is 0 Å². The molecule has 1 aromatic rings. The molecule has 4 aliphatic rings. The van der Waals surface area contributed by atoms with Crippen molar-refractivity contribution in [2.75, 3.05) is 13.1 Å². The van der Waals surface area contributed by atoms with Crippen LogP contribution in [0.25, 0.3) is 0 Å². The van der Waals surface area contributed by atoms with Gasteiger partial charge in [0.05, 0.1) is 12.3 Å². The van der Waals surface area contributed by atoms with Crippen LogP contribution in [-0.2, 0) is 25.5 Å². The van der Waals surface area contributed by atoms with E-state index < -0.39 is 23.1 Å². The average molecular weight is 454 g/mol. The van der Waals surface area contributed by atoms with E-state index in [4.69, 9.17) is 4.74 Å². The van der Waals surface area contributed by atoms with E-state index in [2.05, 4.69) is 10.6 Å². The number of benzene rings is 1. The number of nitrogens with zero attached hydrogens (tertiary/aromatic N) is 1. The third-order valence-electron chi connectivity index (χ3n) is 8.12. The van der Waals surface area contributed by atoms with Gasteiger partial charge in [-0.05, 0) is 50.0 Å². The number of esters is 1. The number of amides is 4. The molecule has 8 heteroatoms. The molecule has 5 rings (SSSR count). The molecular formula is C25H31N3O5. The Bertz CT molecular complexity index is 950. The predicted octanol–water partition coefficient (Wildman–Crippen LogP) is 2.31. The molecule has 2 N–H and O–H groups in total. The zero-order chi connectivity index (χ0) is 23.1. The van der Waals surface area contributed by atoms with Crippen LogP contribution in [0.1, 0.15) is 56.9 Å². The summed E-state index contributed by atoms with van der Waals surface area (Å²) in [6.07, 6.45) is 6.40. The van der Waals surface area contributed by atoms with Gasteiger partial charge in [-0.2, -0.15) is 0 Å². The second kappa shape index (κ2) is 8.47. The van der Waals surface area contributed by atoms with Crippen LogP contribution in [0.5, 0.6) is 0 Å². The average Bonchev–Trinajstić information content (AvgIpc) is 3.29. The summed E-state index contributed by atoms with van der Waals surface area (Å²) in [5.41, 5.74) is -0.656. The van der Waals surface area contributed by atoms with Crippen LogP contribution in [0.15, 0.2) is 30.3 Å². The Kier molecular flexibility index (Phi) is 5.62. The zero-order valence-electron chi connectivity index (χ0n) is 18.8. The van der Waals surface area contributed by atoms with Crippen molar-refractivity contribution in [3.05, 3.63) is 35.9 Å². The maximum atomic E-state index is 13.5. The summed E-state index contributed by atoms with van der Waals surface area (Å²) in [5.74, 6) is -1.06. The normalized spacial score (nSPS) is 29.6. The number of rotatable bonds is 4. The molecule has 4 amide bonds. The number of carbonyl (C=O) groups excluding carboxylic acids is 4. The number of urea groups is 1. The molecule has 2 unspecified atom stereocenters. The van der Waals surface area contributed by atoms with Crippen molar-refractivity contribution in [3.63, 3.8) is 0 Å². The molecule has 1 aliphatic carbocycles. The van der Waals surface area contributed by atoms with Gasteiger partial charge in [-0.15, -0.1) is 0 Å². The predicted molar refractivity (Wildman–Crippen MR) is 119 cm³/mol. The molecule has 1 spiro atoms. The molecule has 2 atom stereocenters. The first-order valence-corrected chi connectivity index (χ1v) is 12.1. The van der Waals surface area contributed by atoms with Gasteiger partial charge in [0.2, 0.25) is 5.91 Å². The number of hydrogen-bond donors (Lipinski definition) is 2. The highest BCUT2D eigenvalue weighted by molar-refractivity contribution is 6.07. The van der Waals surface area contributed by atoms with E-state index in [1.54, 1.807) is 0 Å². The number of imide groups is 1. The second-order valence-corrected chi connectivity index (χ2v) is 10.00. The van der Waals surface area contributed by atoms with Gasteiger partial charge in [0, 0.05) is 19.5 Å². The highest BCUT2D eigenvalue weighted by atomic mass is 16.6. The molecule has 4 fully saturated rings.